The number of aromatic carboxylic acids is 1. The number of carbonyl (C=O) groups is 1. The molecule has 2 N–H and O–H groups in total. The van der Waals surface area contributed by atoms with Crippen molar-refractivity contribution in [3.05, 3.63) is 26.8 Å². The van der Waals surface area contributed by atoms with Gasteiger partial charge in [0.25, 0.3) is 10.0 Å². The van der Waals surface area contributed by atoms with Crippen LogP contribution in [0.2, 0.25) is 0 Å². The van der Waals surface area contributed by atoms with Crippen LogP contribution in [-0.2, 0) is 10.0 Å². The van der Waals surface area contributed by atoms with Gasteiger partial charge in [0, 0.05) is 4.88 Å². The molecule has 21 heavy (non-hydrogen) atoms. The van der Waals surface area contributed by atoms with E-state index in [9.17, 15) is 13.2 Å². The first-order chi connectivity index (χ1) is 9.72. The number of hydrogen-bond donors (Lipinski definition) is 2. The van der Waals surface area contributed by atoms with Crippen molar-refractivity contribution in [1.82, 2.24) is 14.7 Å². The van der Waals surface area contributed by atoms with Crippen LogP contribution in [0, 0.1) is 13.8 Å². The van der Waals surface area contributed by atoms with Gasteiger partial charge in [-0.05, 0) is 20.8 Å². The minimum atomic E-state index is -3.94. The minimum absolute atomic E-state index is 0.291. The molecule has 2 rings (SSSR count). The van der Waals surface area contributed by atoms with Crippen molar-refractivity contribution in [2.75, 3.05) is 0 Å². The Balaban J connectivity index is 2.31. The second-order valence-electron chi connectivity index (χ2n) is 4.32. The lowest BCUT2D eigenvalue weighted by Crippen LogP contribution is -2.27. The van der Waals surface area contributed by atoms with Gasteiger partial charge in [0.1, 0.15) is 0 Å². The van der Waals surface area contributed by atoms with E-state index in [1.165, 1.54) is 16.8 Å². The van der Waals surface area contributed by atoms with Gasteiger partial charge in [0.2, 0.25) is 0 Å². The summed E-state index contributed by atoms with van der Waals surface area (Å²) in [5.41, 5.74) is 1.50. The number of thiazole rings is 2. The van der Waals surface area contributed by atoms with Crippen molar-refractivity contribution >= 4 is 38.7 Å². The molecule has 2 aromatic rings. The highest BCUT2D eigenvalue weighted by atomic mass is 32.2. The van der Waals surface area contributed by atoms with Gasteiger partial charge in [-0.2, -0.15) is 0 Å². The molecule has 0 aliphatic rings. The van der Waals surface area contributed by atoms with Crippen molar-refractivity contribution in [2.45, 2.75) is 31.0 Å². The van der Waals surface area contributed by atoms with Crippen LogP contribution >= 0.6 is 22.7 Å². The molecular formula is C11H13N3O4S3. The number of aromatic nitrogens is 2. The van der Waals surface area contributed by atoms with E-state index in [-0.39, 0.29) is 4.21 Å². The molecule has 0 saturated carbocycles. The molecule has 0 aromatic carbocycles. The first kappa shape index (κ1) is 16.0. The first-order valence-corrected chi connectivity index (χ1v) is 9.03. The normalized spacial score (nSPS) is 13.3. The lowest BCUT2D eigenvalue weighted by atomic mass is 10.2. The van der Waals surface area contributed by atoms with E-state index in [0.29, 0.717) is 0 Å². The van der Waals surface area contributed by atoms with Crippen LogP contribution in [0.25, 0.3) is 0 Å². The zero-order valence-electron chi connectivity index (χ0n) is 11.4. The fourth-order valence-electron chi connectivity index (χ4n) is 1.86. The molecule has 0 radical (unpaired) electrons. The predicted molar refractivity (Wildman–Crippen MR) is 79.4 cm³/mol. The van der Waals surface area contributed by atoms with Crippen molar-refractivity contribution in [3.8, 4) is 0 Å². The van der Waals surface area contributed by atoms with Crippen molar-refractivity contribution in [3.63, 3.8) is 0 Å². The van der Waals surface area contributed by atoms with Crippen LogP contribution < -0.4 is 4.72 Å². The molecule has 0 fully saturated rings. The summed E-state index contributed by atoms with van der Waals surface area (Å²) in [7, 11) is -3.94. The van der Waals surface area contributed by atoms with Gasteiger partial charge in [-0.1, -0.05) is 0 Å². The summed E-state index contributed by atoms with van der Waals surface area (Å²) in [4.78, 5) is 19.6. The molecule has 0 spiro atoms. The minimum Gasteiger partial charge on any atom is -0.476 e. The van der Waals surface area contributed by atoms with Crippen LogP contribution in [-0.4, -0.2) is 29.5 Å². The summed E-state index contributed by atoms with van der Waals surface area (Å²) >= 11 is 2.18. The third kappa shape index (κ3) is 3.28. The molecule has 10 heteroatoms. The molecule has 2 aromatic heterocycles. The quantitative estimate of drug-likeness (QED) is 0.855. The average Bonchev–Trinajstić information content (AvgIpc) is 2.95. The van der Waals surface area contributed by atoms with Gasteiger partial charge in [-0.15, -0.1) is 22.7 Å². The molecule has 0 bridgehead atoms. The molecule has 2 heterocycles. The van der Waals surface area contributed by atoms with E-state index in [1.54, 1.807) is 13.8 Å². The zero-order chi connectivity index (χ0) is 15.8. The number of sulfonamides is 1. The molecule has 114 valence electrons. The van der Waals surface area contributed by atoms with Crippen molar-refractivity contribution in [2.24, 2.45) is 0 Å². The maximum absolute atomic E-state index is 12.3. The summed E-state index contributed by atoms with van der Waals surface area (Å²) in [5.74, 6) is -1.37. The highest BCUT2D eigenvalue weighted by Gasteiger charge is 2.28. The second kappa shape index (κ2) is 5.79. The van der Waals surface area contributed by atoms with Crippen LogP contribution in [0.1, 0.15) is 39.0 Å². The Hall–Kier alpha value is -1.36. The van der Waals surface area contributed by atoms with Gasteiger partial charge < -0.3 is 5.11 Å². The Labute approximate surface area is 129 Å². The number of nitrogens with one attached hydrogen (secondary N) is 1. The largest absolute Gasteiger partial charge is 0.476 e. The molecule has 0 amide bonds. The van der Waals surface area contributed by atoms with E-state index >= 15 is 0 Å². The SMILES string of the molecule is Cc1nc(C)c(C(C)NS(=O)(=O)c2scnc2C(=O)O)s1. The third-order valence-corrected chi connectivity index (χ3v) is 6.81. The summed E-state index contributed by atoms with van der Waals surface area (Å²) in [5, 5.41) is 9.81. The highest BCUT2D eigenvalue weighted by molar-refractivity contribution is 7.91. The standard InChI is InChI=1S/C11H13N3O4S3/c1-5-9(20-7(3)13-5)6(2)14-21(17,18)11-8(10(15)16)12-4-19-11/h4,6,14H,1-3H3,(H,15,16). The number of carboxylic acid groups (broad SMARTS) is 1. The third-order valence-electron chi connectivity index (χ3n) is 2.65. The summed E-state index contributed by atoms with van der Waals surface area (Å²) in [6.07, 6.45) is 0. The van der Waals surface area contributed by atoms with Gasteiger partial charge in [0.15, 0.2) is 9.90 Å². The first-order valence-electron chi connectivity index (χ1n) is 5.85. The van der Waals surface area contributed by atoms with E-state index in [1.807, 2.05) is 6.92 Å². The topological polar surface area (TPSA) is 109 Å². The zero-order valence-corrected chi connectivity index (χ0v) is 13.9. The number of hydrogen-bond acceptors (Lipinski definition) is 7. The van der Waals surface area contributed by atoms with Crippen LogP contribution in [0.15, 0.2) is 9.72 Å². The van der Waals surface area contributed by atoms with Crippen LogP contribution in [0.3, 0.4) is 0 Å². The molecule has 7 nitrogen and oxygen atoms in total. The van der Waals surface area contributed by atoms with Crippen molar-refractivity contribution < 1.29 is 18.3 Å². The molecule has 0 saturated heterocycles. The van der Waals surface area contributed by atoms with E-state index < -0.39 is 27.7 Å². The number of rotatable bonds is 5. The number of carboxylic acids is 1. The second-order valence-corrected chi connectivity index (χ2v) is 8.32. The van der Waals surface area contributed by atoms with Gasteiger partial charge in [-0.3, -0.25) is 0 Å². The molecule has 0 aliphatic carbocycles. The van der Waals surface area contributed by atoms with Gasteiger partial charge in [-0.25, -0.2) is 27.9 Å². The number of aryl methyl sites for hydroxylation is 2. The predicted octanol–water partition coefficient (Wildman–Crippen LogP) is 1.95. The monoisotopic (exact) mass is 347 g/mol. The van der Waals surface area contributed by atoms with E-state index in [0.717, 1.165) is 26.9 Å². The molecular weight excluding hydrogens is 334 g/mol. The Bertz CT molecular complexity index is 778. The Kier molecular flexibility index (Phi) is 4.42. The lowest BCUT2D eigenvalue weighted by Gasteiger charge is -2.12. The van der Waals surface area contributed by atoms with Crippen LogP contribution in [0.4, 0.5) is 0 Å². The highest BCUT2D eigenvalue weighted by Crippen LogP contribution is 2.27. The Morgan fingerprint density at radius 3 is 2.62 bits per heavy atom. The Morgan fingerprint density at radius 1 is 1.43 bits per heavy atom. The smallest absolute Gasteiger partial charge is 0.356 e. The fourth-order valence-corrected chi connectivity index (χ4v) is 5.23. The summed E-state index contributed by atoms with van der Waals surface area (Å²) in [6, 6.07) is -0.495. The molecule has 1 atom stereocenters. The van der Waals surface area contributed by atoms with E-state index in [2.05, 4.69) is 14.7 Å². The maximum Gasteiger partial charge on any atom is 0.356 e. The summed E-state index contributed by atoms with van der Waals surface area (Å²) in [6.45, 7) is 5.34. The molecule has 0 aliphatic heterocycles. The fraction of sp³-hybridized carbons (Fsp3) is 0.364. The number of nitrogens with zero attached hydrogens (tertiary/aromatic N) is 2. The summed E-state index contributed by atoms with van der Waals surface area (Å²) < 4.78 is 26.8. The van der Waals surface area contributed by atoms with E-state index in [4.69, 9.17) is 5.11 Å². The van der Waals surface area contributed by atoms with Gasteiger partial charge >= 0.3 is 5.97 Å². The van der Waals surface area contributed by atoms with Crippen LogP contribution in [0.5, 0.6) is 0 Å². The lowest BCUT2D eigenvalue weighted by molar-refractivity contribution is 0.0687. The van der Waals surface area contributed by atoms with Gasteiger partial charge in [0.05, 0.1) is 22.3 Å². The molecule has 1 unspecified atom stereocenters. The van der Waals surface area contributed by atoms with Crippen molar-refractivity contribution in [1.29, 1.82) is 0 Å². The average molecular weight is 347 g/mol. The Morgan fingerprint density at radius 2 is 2.10 bits per heavy atom. The maximum atomic E-state index is 12.3.